The molecule has 0 fully saturated rings. The molecule has 0 saturated carbocycles. The summed E-state index contributed by atoms with van der Waals surface area (Å²) in [5.74, 6) is 0. The topological polar surface area (TPSA) is 0 Å². The fourth-order valence-electron chi connectivity index (χ4n) is 2.01. The quantitative estimate of drug-likeness (QED) is 0.665. The Bertz CT molecular complexity index is 461. The highest BCUT2D eigenvalue weighted by molar-refractivity contribution is 5.86. The Kier molecular flexibility index (Phi) is 2.52. The van der Waals surface area contributed by atoms with Crippen LogP contribution in [0.25, 0.3) is 10.8 Å². The minimum Gasteiger partial charge on any atom is -0.0646 e. The van der Waals surface area contributed by atoms with E-state index < -0.39 is 0 Å². The molecule has 2 aromatic rings. The van der Waals surface area contributed by atoms with Crippen molar-refractivity contribution < 1.29 is 0 Å². The Morgan fingerprint density at radius 3 is 2.33 bits per heavy atom. The lowest BCUT2D eigenvalue weighted by Crippen LogP contribution is -2.15. The maximum atomic E-state index is 2.31. The fourth-order valence-corrected chi connectivity index (χ4v) is 2.01. The van der Waals surface area contributed by atoms with Gasteiger partial charge in [0.1, 0.15) is 0 Å². The molecule has 2 rings (SSSR count). The van der Waals surface area contributed by atoms with Crippen LogP contribution in [0.4, 0.5) is 0 Å². The molecular weight excluding hydrogens is 180 g/mol. The molecule has 0 atom stereocenters. The molecule has 0 N–H and O–H groups in total. The standard InChI is InChI=1S/C15H18/c1-4-15(2,3)14-11-7-9-12-8-5-6-10-13(12)14/h5-11H,4H2,1-3H3. The molecule has 0 aliphatic carbocycles. The van der Waals surface area contributed by atoms with Crippen molar-refractivity contribution in [2.75, 3.05) is 0 Å². The number of hydrogen-bond donors (Lipinski definition) is 0. The van der Waals surface area contributed by atoms with E-state index in [-0.39, 0.29) is 5.41 Å². The molecule has 0 radical (unpaired) electrons. The maximum Gasteiger partial charge on any atom is -0.0100 e. The number of fused-ring (bicyclic) bond motifs is 1. The molecule has 0 saturated heterocycles. The van der Waals surface area contributed by atoms with E-state index in [1.165, 1.54) is 22.8 Å². The van der Waals surface area contributed by atoms with Crippen molar-refractivity contribution in [1.82, 2.24) is 0 Å². The molecule has 2 aromatic carbocycles. The predicted octanol–water partition coefficient (Wildman–Crippen LogP) is 4.53. The van der Waals surface area contributed by atoms with Crippen LogP contribution in [0.2, 0.25) is 0 Å². The first-order valence-corrected chi connectivity index (χ1v) is 5.63. The highest BCUT2D eigenvalue weighted by atomic mass is 14.2. The molecule has 0 heteroatoms. The summed E-state index contributed by atoms with van der Waals surface area (Å²) in [6, 6.07) is 15.2. The zero-order valence-electron chi connectivity index (χ0n) is 9.75. The molecule has 15 heavy (non-hydrogen) atoms. The van der Waals surface area contributed by atoms with Gasteiger partial charge in [0.15, 0.2) is 0 Å². The maximum absolute atomic E-state index is 2.31. The fraction of sp³-hybridized carbons (Fsp3) is 0.333. The van der Waals surface area contributed by atoms with E-state index in [9.17, 15) is 0 Å². The third-order valence-electron chi connectivity index (χ3n) is 3.40. The normalized spacial score (nSPS) is 11.9. The molecule has 0 amide bonds. The van der Waals surface area contributed by atoms with Gasteiger partial charge < -0.3 is 0 Å². The van der Waals surface area contributed by atoms with E-state index in [0.29, 0.717) is 0 Å². The van der Waals surface area contributed by atoms with Crippen LogP contribution < -0.4 is 0 Å². The summed E-state index contributed by atoms with van der Waals surface area (Å²) in [6.45, 7) is 6.88. The second-order valence-electron chi connectivity index (χ2n) is 4.76. The lowest BCUT2D eigenvalue weighted by Gasteiger charge is -2.25. The highest BCUT2D eigenvalue weighted by Crippen LogP contribution is 2.32. The average molecular weight is 198 g/mol. The first-order chi connectivity index (χ1) is 7.15. The van der Waals surface area contributed by atoms with Crippen LogP contribution >= 0.6 is 0 Å². The first-order valence-electron chi connectivity index (χ1n) is 5.63. The van der Waals surface area contributed by atoms with Gasteiger partial charge in [-0.3, -0.25) is 0 Å². The third-order valence-corrected chi connectivity index (χ3v) is 3.40. The summed E-state index contributed by atoms with van der Waals surface area (Å²) in [4.78, 5) is 0. The third kappa shape index (κ3) is 1.77. The zero-order chi connectivity index (χ0) is 10.9. The van der Waals surface area contributed by atoms with Crippen molar-refractivity contribution >= 4 is 10.8 Å². The number of hydrogen-bond acceptors (Lipinski definition) is 0. The van der Waals surface area contributed by atoms with Crippen molar-refractivity contribution in [3.63, 3.8) is 0 Å². The van der Waals surface area contributed by atoms with Crippen LogP contribution in [-0.2, 0) is 5.41 Å². The van der Waals surface area contributed by atoms with Gasteiger partial charge in [0.25, 0.3) is 0 Å². The summed E-state index contributed by atoms with van der Waals surface area (Å²) < 4.78 is 0. The molecule has 0 nitrogen and oxygen atoms in total. The van der Waals surface area contributed by atoms with Crippen molar-refractivity contribution in [3.8, 4) is 0 Å². The molecule has 0 aromatic heterocycles. The van der Waals surface area contributed by atoms with Crippen molar-refractivity contribution in [2.45, 2.75) is 32.6 Å². The van der Waals surface area contributed by atoms with Gasteiger partial charge in [0.2, 0.25) is 0 Å². The largest absolute Gasteiger partial charge is 0.0646 e. The van der Waals surface area contributed by atoms with Gasteiger partial charge >= 0.3 is 0 Å². The van der Waals surface area contributed by atoms with Crippen molar-refractivity contribution in [2.24, 2.45) is 0 Å². The summed E-state index contributed by atoms with van der Waals surface area (Å²) >= 11 is 0. The summed E-state index contributed by atoms with van der Waals surface area (Å²) in [7, 11) is 0. The van der Waals surface area contributed by atoms with Crippen LogP contribution in [0, 0.1) is 0 Å². The molecule has 0 heterocycles. The molecular formula is C15H18. The second-order valence-corrected chi connectivity index (χ2v) is 4.76. The Morgan fingerprint density at radius 2 is 1.60 bits per heavy atom. The van der Waals surface area contributed by atoms with Crippen molar-refractivity contribution in [1.29, 1.82) is 0 Å². The van der Waals surface area contributed by atoms with Gasteiger partial charge in [0, 0.05) is 0 Å². The van der Waals surface area contributed by atoms with E-state index in [1.807, 2.05) is 0 Å². The van der Waals surface area contributed by atoms with E-state index >= 15 is 0 Å². The van der Waals surface area contributed by atoms with Gasteiger partial charge in [-0.2, -0.15) is 0 Å². The molecule has 0 unspecified atom stereocenters. The van der Waals surface area contributed by atoms with Gasteiger partial charge in [-0.25, -0.2) is 0 Å². The van der Waals surface area contributed by atoms with Gasteiger partial charge in [-0.1, -0.05) is 63.2 Å². The monoisotopic (exact) mass is 198 g/mol. The summed E-state index contributed by atoms with van der Waals surface area (Å²) in [5.41, 5.74) is 1.73. The SMILES string of the molecule is CCC(C)(C)c1cccc2ccccc12. The van der Waals surface area contributed by atoms with Crippen LogP contribution in [0.3, 0.4) is 0 Å². The molecule has 0 spiro atoms. The lowest BCUT2D eigenvalue weighted by atomic mass is 9.80. The minimum atomic E-state index is 0.265. The van der Waals surface area contributed by atoms with E-state index in [0.717, 1.165) is 0 Å². The van der Waals surface area contributed by atoms with Crippen LogP contribution in [0.1, 0.15) is 32.8 Å². The summed E-state index contributed by atoms with van der Waals surface area (Å²) in [6.07, 6.45) is 1.17. The molecule has 0 aliphatic rings. The zero-order valence-corrected chi connectivity index (χ0v) is 9.75. The van der Waals surface area contributed by atoms with Gasteiger partial charge in [-0.15, -0.1) is 0 Å². The molecule has 0 bridgehead atoms. The average Bonchev–Trinajstić information content (AvgIpc) is 2.28. The van der Waals surface area contributed by atoms with Gasteiger partial charge in [0.05, 0.1) is 0 Å². The Hall–Kier alpha value is -1.30. The van der Waals surface area contributed by atoms with Crippen LogP contribution in [-0.4, -0.2) is 0 Å². The Morgan fingerprint density at radius 1 is 0.933 bits per heavy atom. The van der Waals surface area contributed by atoms with E-state index in [2.05, 4.69) is 63.2 Å². The predicted molar refractivity (Wildman–Crippen MR) is 67.3 cm³/mol. The van der Waals surface area contributed by atoms with Crippen LogP contribution in [0.15, 0.2) is 42.5 Å². The van der Waals surface area contributed by atoms with E-state index in [1.54, 1.807) is 0 Å². The van der Waals surface area contributed by atoms with Gasteiger partial charge in [-0.05, 0) is 28.2 Å². The summed E-state index contributed by atoms with van der Waals surface area (Å²) in [5, 5.41) is 2.74. The second kappa shape index (κ2) is 3.69. The Balaban J connectivity index is 2.71. The lowest BCUT2D eigenvalue weighted by molar-refractivity contribution is 0.511. The number of benzene rings is 2. The smallest absolute Gasteiger partial charge is 0.0100 e. The molecule has 78 valence electrons. The Labute approximate surface area is 91.9 Å². The highest BCUT2D eigenvalue weighted by Gasteiger charge is 2.19. The van der Waals surface area contributed by atoms with Crippen LogP contribution in [0.5, 0.6) is 0 Å². The minimum absolute atomic E-state index is 0.265. The molecule has 0 aliphatic heterocycles. The first kappa shape index (κ1) is 10.2. The van der Waals surface area contributed by atoms with Crippen molar-refractivity contribution in [3.05, 3.63) is 48.0 Å². The number of rotatable bonds is 2. The van der Waals surface area contributed by atoms with E-state index in [4.69, 9.17) is 0 Å².